The van der Waals surface area contributed by atoms with Crippen molar-refractivity contribution in [1.82, 2.24) is 9.80 Å². The van der Waals surface area contributed by atoms with Crippen LogP contribution in [0.1, 0.15) is 22.3 Å². The predicted molar refractivity (Wildman–Crippen MR) is 76.9 cm³/mol. The molecule has 0 aromatic heterocycles. The monoisotopic (exact) mass is 310 g/mol. The standard InChI is InChI=1S/C14H19BrN2O/c1-10-8-11(15)4-5-13(10)14(18)17-7-6-12(9-17)16(2)3/h4-5,8,12H,6-7,9H2,1-3H3/t12-/m1/s1. The SMILES string of the molecule is Cc1cc(Br)ccc1C(=O)N1CC[C@@H](N(C)C)C1. The van der Waals surface area contributed by atoms with Gasteiger partial charge in [-0.2, -0.15) is 0 Å². The smallest absolute Gasteiger partial charge is 0.254 e. The number of benzene rings is 1. The number of carbonyl (C=O) groups is 1. The molecule has 98 valence electrons. The van der Waals surface area contributed by atoms with Crippen LogP contribution >= 0.6 is 15.9 Å². The average molecular weight is 311 g/mol. The third-order valence-corrected chi connectivity index (χ3v) is 4.09. The molecule has 1 fully saturated rings. The summed E-state index contributed by atoms with van der Waals surface area (Å²) in [5.41, 5.74) is 1.85. The molecule has 1 aromatic rings. The van der Waals surface area contributed by atoms with Gasteiger partial charge in [-0.3, -0.25) is 4.79 Å². The number of rotatable bonds is 2. The summed E-state index contributed by atoms with van der Waals surface area (Å²) >= 11 is 3.43. The van der Waals surface area contributed by atoms with Crippen LogP contribution in [0, 0.1) is 6.92 Å². The van der Waals surface area contributed by atoms with E-state index in [-0.39, 0.29) is 5.91 Å². The fourth-order valence-corrected chi connectivity index (χ4v) is 2.86. The van der Waals surface area contributed by atoms with Gasteiger partial charge in [-0.05, 0) is 51.2 Å². The van der Waals surface area contributed by atoms with E-state index in [0.29, 0.717) is 6.04 Å². The maximum atomic E-state index is 12.4. The molecule has 0 unspecified atom stereocenters. The first-order chi connectivity index (χ1) is 8.49. The van der Waals surface area contributed by atoms with Crippen LogP contribution < -0.4 is 0 Å². The molecule has 18 heavy (non-hydrogen) atoms. The van der Waals surface area contributed by atoms with Gasteiger partial charge in [0, 0.05) is 29.2 Å². The molecule has 0 aliphatic carbocycles. The lowest BCUT2D eigenvalue weighted by atomic mass is 10.1. The average Bonchev–Trinajstić information content (AvgIpc) is 2.77. The zero-order chi connectivity index (χ0) is 13.3. The number of hydrogen-bond acceptors (Lipinski definition) is 2. The molecular formula is C14H19BrN2O. The van der Waals surface area contributed by atoms with Gasteiger partial charge in [0.15, 0.2) is 0 Å². The molecule has 0 radical (unpaired) electrons. The second kappa shape index (κ2) is 5.41. The van der Waals surface area contributed by atoms with Gasteiger partial charge in [0.1, 0.15) is 0 Å². The van der Waals surface area contributed by atoms with Crippen LogP contribution in [0.2, 0.25) is 0 Å². The lowest BCUT2D eigenvalue weighted by Gasteiger charge is -2.21. The van der Waals surface area contributed by atoms with E-state index in [2.05, 4.69) is 34.9 Å². The Morgan fingerprint density at radius 3 is 2.72 bits per heavy atom. The van der Waals surface area contributed by atoms with Crippen molar-refractivity contribution in [2.24, 2.45) is 0 Å². The van der Waals surface area contributed by atoms with Crippen LogP contribution in [-0.2, 0) is 0 Å². The Kier molecular flexibility index (Phi) is 4.07. The summed E-state index contributed by atoms with van der Waals surface area (Å²) in [6.07, 6.45) is 1.06. The number of likely N-dealkylation sites (tertiary alicyclic amines) is 1. The number of halogens is 1. The largest absolute Gasteiger partial charge is 0.337 e. The molecule has 1 aromatic carbocycles. The van der Waals surface area contributed by atoms with Crippen molar-refractivity contribution in [3.8, 4) is 0 Å². The molecule has 1 amide bonds. The van der Waals surface area contributed by atoms with E-state index in [9.17, 15) is 4.79 Å². The predicted octanol–water partition coefficient (Wildman–Crippen LogP) is 2.53. The van der Waals surface area contributed by atoms with Gasteiger partial charge < -0.3 is 9.80 Å². The van der Waals surface area contributed by atoms with Crippen LogP contribution in [0.4, 0.5) is 0 Å². The highest BCUT2D eigenvalue weighted by Gasteiger charge is 2.28. The van der Waals surface area contributed by atoms with Crippen LogP contribution in [0.3, 0.4) is 0 Å². The van der Waals surface area contributed by atoms with Crippen LogP contribution in [0.15, 0.2) is 22.7 Å². The van der Waals surface area contributed by atoms with E-state index in [0.717, 1.165) is 35.1 Å². The molecule has 1 atom stereocenters. The first kappa shape index (κ1) is 13.6. The highest BCUT2D eigenvalue weighted by Crippen LogP contribution is 2.20. The Bertz CT molecular complexity index is 459. The summed E-state index contributed by atoms with van der Waals surface area (Å²) in [6.45, 7) is 3.68. The molecule has 0 saturated carbocycles. The number of carbonyl (C=O) groups excluding carboxylic acids is 1. The van der Waals surface area contributed by atoms with Crippen LogP contribution in [0.25, 0.3) is 0 Å². The maximum Gasteiger partial charge on any atom is 0.254 e. The summed E-state index contributed by atoms with van der Waals surface area (Å²) in [6, 6.07) is 6.32. The van der Waals surface area contributed by atoms with E-state index in [1.165, 1.54) is 0 Å². The maximum absolute atomic E-state index is 12.4. The van der Waals surface area contributed by atoms with E-state index >= 15 is 0 Å². The molecule has 4 heteroatoms. The minimum atomic E-state index is 0.157. The van der Waals surface area contributed by atoms with Gasteiger partial charge in [0.2, 0.25) is 0 Å². The minimum Gasteiger partial charge on any atom is -0.337 e. The van der Waals surface area contributed by atoms with E-state index < -0.39 is 0 Å². The Hall–Kier alpha value is -0.870. The van der Waals surface area contributed by atoms with Gasteiger partial charge in [-0.1, -0.05) is 15.9 Å². The van der Waals surface area contributed by atoms with Crippen molar-refractivity contribution in [3.63, 3.8) is 0 Å². The van der Waals surface area contributed by atoms with Gasteiger partial charge in [-0.15, -0.1) is 0 Å². The lowest BCUT2D eigenvalue weighted by Crippen LogP contribution is -2.34. The minimum absolute atomic E-state index is 0.157. The van der Waals surface area contributed by atoms with E-state index in [1.807, 2.05) is 30.0 Å². The van der Waals surface area contributed by atoms with Crippen molar-refractivity contribution in [3.05, 3.63) is 33.8 Å². The Morgan fingerprint density at radius 1 is 1.44 bits per heavy atom. The molecule has 0 spiro atoms. The second-order valence-corrected chi connectivity index (χ2v) is 6.03. The molecule has 1 heterocycles. The van der Waals surface area contributed by atoms with E-state index in [1.54, 1.807) is 0 Å². The third kappa shape index (κ3) is 2.75. The highest BCUT2D eigenvalue weighted by molar-refractivity contribution is 9.10. The molecule has 0 N–H and O–H groups in total. The Balaban J connectivity index is 2.13. The Morgan fingerprint density at radius 2 is 2.17 bits per heavy atom. The van der Waals surface area contributed by atoms with Gasteiger partial charge in [0.05, 0.1) is 0 Å². The fraction of sp³-hybridized carbons (Fsp3) is 0.500. The fourth-order valence-electron chi connectivity index (χ4n) is 2.39. The number of nitrogens with zero attached hydrogens (tertiary/aromatic N) is 2. The van der Waals surface area contributed by atoms with Crippen molar-refractivity contribution in [2.75, 3.05) is 27.2 Å². The Labute approximate surface area is 117 Å². The molecule has 1 aliphatic rings. The normalized spacial score (nSPS) is 19.6. The van der Waals surface area contributed by atoms with E-state index in [4.69, 9.17) is 0 Å². The first-order valence-corrected chi connectivity index (χ1v) is 7.00. The quantitative estimate of drug-likeness (QED) is 0.838. The molecule has 3 nitrogen and oxygen atoms in total. The van der Waals surface area contributed by atoms with Gasteiger partial charge in [0.25, 0.3) is 5.91 Å². The van der Waals surface area contributed by atoms with Crippen molar-refractivity contribution < 1.29 is 4.79 Å². The van der Waals surface area contributed by atoms with Gasteiger partial charge in [-0.25, -0.2) is 0 Å². The zero-order valence-electron chi connectivity index (χ0n) is 11.1. The van der Waals surface area contributed by atoms with Crippen LogP contribution in [-0.4, -0.2) is 48.9 Å². The number of amides is 1. The second-order valence-electron chi connectivity index (χ2n) is 5.12. The van der Waals surface area contributed by atoms with Gasteiger partial charge >= 0.3 is 0 Å². The van der Waals surface area contributed by atoms with Crippen molar-refractivity contribution >= 4 is 21.8 Å². The molecule has 2 rings (SSSR count). The van der Waals surface area contributed by atoms with Crippen molar-refractivity contribution in [1.29, 1.82) is 0 Å². The first-order valence-electron chi connectivity index (χ1n) is 6.21. The number of hydrogen-bond donors (Lipinski definition) is 0. The molecule has 1 aliphatic heterocycles. The molecular weight excluding hydrogens is 292 g/mol. The highest BCUT2D eigenvalue weighted by atomic mass is 79.9. The number of aryl methyl sites for hydroxylation is 1. The summed E-state index contributed by atoms with van der Waals surface area (Å²) in [7, 11) is 4.15. The summed E-state index contributed by atoms with van der Waals surface area (Å²) in [5, 5.41) is 0. The molecule has 1 saturated heterocycles. The zero-order valence-corrected chi connectivity index (χ0v) is 12.7. The lowest BCUT2D eigenvalue weighted by molar-refractivity contribution is 0.0782. The summed E-state index contributed by atoms with van der Waals surface area (Å²) < 4.78 is 1.02. The summed E-state index contributed by atoms with van der Waals surface area (Å²) in [4.78, 5) is 16.6. The molecule has 0 bridgehead atoms. The van der Waals surface area contributed by atoms with Crippen molar-refractivity contribution in [2.45, 2.75) is 19.4 Å². The summed E-state index contributed by atoms with van der Waals surface area (Å²) in [5.74, 6) is 0.157. The topological polar surface area (TPSA) is 23.6 Å². The third-order valence-electron chi connectivity index (χ3n) is 3.60. The van der Waals surface area contributed by atoms with Crippen LogP contribution in [0.5, 0.6) is 0 Å². The number of likely N-dealkylation sites (N-methyl/N-ethyl adjacent to an activating group) is 1.